The first-order valence-electron chi connectivity index (χ1n) is 7.15. The van der Waals surface area contributed by atoms with Crippen molar-refractivity contribution in [2.24, 2.45) is 0 Å². The summed E-state index contributed by atoms with van der Waals surface area (Å²) >= 11 is 0. The number of nitrogens with zero attached hydrogens (tertiary/aromatic N) is 3. The molecule has 0 spiro atoms. The van der Waals surface area contributed by atoms with E-state index in [0.29, 0.717) is 18.3 Å². The van der Waals surface area contributed by atoms with Gasteiger partial charge in [-0.15, -0.1) is 0 Å². The second kappa shape index (κ2) is 5.85. The summed E-state index contributed by atoms with van der Waals surface area (Å²) in [7, 11) is 0. The highest BCUT2D eigenvalue weighted by molar-refractivity contribution is 5.91. The molecule has 6 heteroatoms. The Labute approximate surface area is 118 Å². The highest BCUT2D eigenvalue weighted by Crippen LogP contribution is 2.22. The van der Waals surface area contributed by atoms with Crippen LogP contribution in [-0.2, 0) is 4.74 Å². The lowest BCUT2D eigenvalue weighted by Crippen LogP contribution is -2.50. The molecule has 0 saturated carbocycles. The van der Waals surface area contributed by atoms with E-state index in [1.54, 1.807) is 6.20 Å². The summed E-state index contributed by atoms with van der Waals surface area (Å²) in [5.74, 6) is -0.190. The molecule has 2 aliphatic rings. The van der Waals surface area contributed by atoms with Crippen molar-refractivity contribution >= 4 is 5.91 Å². The number of hydrogen-bond donors (Lipinski definition) is 1. The Morgan fingerprint density at radius 2 is 2.40 bits per heavy atom. The van der Waals surface area contributed by atoms with E-state index in [9.17, 15) is 4.79 Å². The molecule has 0 bridgehead atoms. The zero-order chi connectivity index (χ0) is 13.9. The first-order valence-corrected chi connectivity index (χ1v) is 7.15. The summed E-state index contributed by atoms with van der Waals surface area (Å²) in [5, 5.41) is 2.87. The van der Waals surface area contributed by atoms with Gasteiger partial charge in [0.15, 0.2) is 0 Å². The van der Waals surface area contributed by atoms with Gasteiger partial charge in [0, 0.05) is 25.3 Å². The third-order valence-corrected chi connectivity index (χ3v) is 3.97. The minimum Gasteiger partial charge on any atom is -0.373 e. The number of fused-ring (bicyclic) bond motifs is 1. The van der Waals surface area contributed by atoms with Gasteiger partial charge in [-0.25, -0.2) is 4.98 Å². The number of aryl methyl sites for hydroxylation is 1. The standard InChI is InChI=1S/C14H20N4O2/c1-10-5-16-13(7-15-10)14(19)17-6-12-8-18-4-2-3-11(18)9-20-12/h5,7,11-12H,2-4,6,8-9H2,1H3,(H,17,19)/t11-,12-/m1/s1. The maximum absolute atomic E-state index is 11.9. The van der Waals surface area contributed by atoms with Crippen LogP contribution in [0.25, 0.3) is 0 Å². The molecule has 1 aromatic heterocycles. The summed E-state index contributed by atoms with van der Waals surface area (Å²) in [6.45, 7) is 5.21. The lowest BCUT2D eigenvalue weighted by molar-refractivity contribution is -0.0462. The maximum atomic E-state index is 11.9. The number of carbonyl (C=O) groups excluding carboxylic acids is 1. The van der Waals surface area contributed by atoms with Gasteiger partial charge in [-0.3, -0.25) is 14.7 Å². The average molecular weight is 276 g/mol. The van der Waals surface area contributed by atoms with E-state index in [-0.39, 0.29) is 12.0 Å². The minimum atomic E-state index is -0.190. The van der Waals surface area contributed by atoms with Crippen LogP contribution in [0.15, 0.2) is 12.4 Å². The SMILES string of the molecule is Cc1cnc(C(=O)NC[C@@H]2CN3CCC[C@@H]3CO2)cn1. The van der Waals surface area contributed by atoms with Gasteiger partial charge >= 0.3 is 0 Å². The first-order chi connectivity index (χ1) is 9.72. The fraction of sp³-hybridized carbons (Fsp3) is 0.643. The molecule has 2 atom stereocenters. The van der Waals surface area contributed by atoms with Crippen molar-refractivity contribution in [2.45, 2.75) is 31.9 Å². The number of morpholine rings is 1. The molecule has 1 N–H and O–H groups in total. The van der Waals surface area contributed by atoms with Crippen LogP contribution in [-0.4, -0.2) is 59.2 Å². The third kappa shape index (κ3) is 2.96. The lowest BCUT2D eigenvalue weighted by Gasteiger charge is -2.35. The number of nitrogens with one attached hydrogen (secondary N) is 1. The van der Waals surface area contributed by atoms with E-state index >= 15 is 0 Å². The molecule has 1 amide bonds. The van der Waals surface area contributed by atoms with Gasteiger partial charge in [0.2, 0.25) is 0 Å². The number of rotatable bonds is 3. The number of amides is 1. The number of carbonyl (C=O) groups is 1. The van der Waals surface area contributed by atoms with Crippen LogP contribution in [0.1, 0.15) is 29.0 Å². The van der Waals surface area contributed by atoms with Gasteiger partial charge in [0.1, 0.15) is 5.69 Å². The highest BCUT2D eigenvalue weighted by Gasteiger charge is 2.32. The Balaban J connectivity index is 1.49. The predicted octanol–water partition coefficient (Wildman–Crippen LogP) is 0.378. The molecular formula is C14H20N4O2. The molecule has 0 radical (unpaired) electrons. The van der Waals surface area contributed by atoms with E-state index in [1.807, 2.05) is 6.92 Å². The van der Waals surface area contributed by atoms with Crippen molar-refractivity contribution in [3.63, 3.8) is 0 Å². The molecule has 20 heavy (non-hydrogen) atoms. The zero-order valence-corrected chi connectivity index (χ0v) is 11.7. The molecular weight excluding hydrogens is 256 g/mol. The summed E-state index contributed by atoms with van der Waals surface area (Å²) < 4.78 is 5.80. The molecule has 0 aromatic carbocycles. The molecule has 6 nitrogen and oxygen atoms in total. The maximum Gasteiger partial charge on any atom is 0.271 e. The van der Waals surface area contributed by atoms with E-state index in [1.165, 1.54) is 19.0 Å². The van der Waals surface area contributed by atoms with Crippen molar-refractivity contribution < 1.29 is 9.53 Å². The van der Waals surface area contributed by atoms with Crippen LogP contribution < -0.4 is 5.32 Å². The Bertz CT molecular complexity index is 477. The second-order valence-corrected chi connectivity index (χ2v) is 5.50. The van der Waals surface area contributed by atoms with Gasteiger partial charge < -0.3 is 10.1 Å². The number of hydrogen-bond acceptors (Lipinski definition) is 5. The largest absolute Gasteiger partial charge is 0.373 e. The molecule has 0 unspecified atom stereocenters. The fourth-order valence-corrected chi connectivity index (χ4v) is 2.82. The molecule has 2 aliphatic heterocycles. The predicted molar refractivity (Wildman–Crippen MR) is 73.4 cm³/mol. The highest BCUT2D eigenvalue weighted by atomic mass is 16.5. The van der Waals surface area contributed by atoms with E-state index in [0.717, 1.165) is 25.4 Å². The van der Waals surface area contributed by atoms with Crippen molar-refractivity contribution in [1.29, 1.82) is 0 Å². The van der Waals surface area contributed by atoms with Crippen molar-refractivity contribution in [3.05, 3.63) is 23.8 Å². The fourth-order valence-electron chi connectivity index (χ4n) is 2.82. The molecule has 2 saturated heterocycles. The molecule has 3 heterocycles. The summed E-state index contributed by atoms with van der Waals surface area (Å²) in [4.78, 5) is 22.6. The smallest absolute Gasteiger partial charge is 0.271 e. The van der Waals surface area contributed by atoms with Crippen LogP contribution in [0.3, 0.4) is 0 Å². The van der Waals surface area contributed by atoms with E-state index in [2.05, 4.69) is 20.2 Å². The average Bonchev–Trinajstić information content (AvgIpc) is 2.93. The minimum absolute atomic E-state index is 0.0757. The van der Waals surface area contributed by atoms with Crippen molar-refractivity contribution in [2.75, 3.05) is 26.2 Å². The topological polar surface area (TPSA) is 67.4 Å². The normalized spacial score (nSPS) is 26.2. The summed E-state index contributed by atoms with van der Waals surface area (Å²) in [6, 6.07) is 0.588. The van der Waals surface area contributed by atoms with Crippen molar-refractivity contribution in [3.8, 4) is 0 Å². The van der Waals surface area contributed by atoms with Crippen LogP contribution >= 0.6 is 0 Å². The summed E-state index contributed by atoms with van der Waals surface area (Å²) in [5.41, 5.74) is 1.16. The van der Waals surface area contributed by atoms with Crippen LogP contribution in [0.4, 0.5) is 0 Å². The zero-order valence-electron chi connectivity index (χ0n) is 11.7. The van der Waals surface area contributed by atoms with E-state index in [4.69, 9.17) is 4.74 Å². The van der Waals surface area contributed by atoms with Gasteiger partial charge in [0.25, 0.3) is 5.91 Å². The van der Waals surface area contributed by atoms with Crippen LogP contribution in [0, 0.1) is 6.92 Å². The molecule has 3 rings (SSSR count). The van der Waals surface area contributed by atoms with Gasteiger partial charge in [-0.2, -0.15) is 0 Å². The quantitative estimate of drug-likeness (QED) is 0.864. The molecule has 1 aromatic rings. The van der Waals surface area contributed by atoms with Crippen LogP contribution in [0.2, 0.25) is 0 Å². The molecule has 108 valence electrons. The lowest BCUT2D eigenvalue weighted by atomic mass is 10.2. The Morgan fingerprint density at radius 1 is 1.50 bits per heavy atom. The Morgan fingerprint density at radius 3 is 3.20 bits per heavy atom. The monoisotopic (exact) mass is 276 g/mol. The Kier molecular flexibility index (Phi) is 3.93. The third-order valence-electron chi connectivity index (χ3n) is 3.97. The van der Waals surface area contributed by atoms with Gasteiger partial charge in [-0.05, 0) is 26.3 Å². The number of aromatic nitrogens is 2. The van der Waals surface area contributed by atoms with Gasteiger partial charge in [-0.1, -0.05) is 0 Å². The number of ether oxygens (including phenoxy) is 1. The molecule has 0 aliphatic carbocycles. The molecule has 2 fully saturated rings. The first kappa shape index (κ1) is 13.5. The van der Waals surface area contributed by atoms with E-state index < -0.39 is 0 Å². The van der Waals surface area contributed by atoms with Crippen molar-refractivity contribution in [1.82, 2.24) is 20.2 Å². The Hall–Kier alpha value is -1.53. The summed E-state index contributed by atoms with van der Waals surface area (Å²) in [6.07, 6.45) is 5.67. The van der Waals surface area contributed by atoms with Gasteiger partial charge in [0.05, 0.1) is 24.6 Å². The second-order valence-electron chi connectivity index (χ2n) is 5.50. The van der Waals surface area contributed by atoms with Crippen LogP contribution in [0.5, 0.6) is 0 Å².